The molecule has 1 aromatic heterocycles. The maximum atomic E-state index is 13.1. The van der Waals surface area contributed by atoms with Gasteiger partial charge in [0, 0.05) is 6.54 Å². The third-order valence-electron chi connectivity index (χ3n) is 2.99. The van der Waals surface area contributed by atoms with Crippen molar-refractivity contribution in [2.24, 2.45) is 0 Å². The van der Waals surface area contributed by atoms with Crippen molar-refractivity contribution in [1.29, 1.82) is 0 Å². The Morgan fingerprint density at radius 1 is 1.52 bits per heavy atom. The Hall–Kier alpha value is -2.08. The van der Waals surface area contributed by atoms with Gasteiger partial charge in [0.15, 0.2) is 0 Å². The van der Waals surface area contributed by atoms with E-state index in [0.29, 0.717) is 23.0 Å². The Morgan fingerprint density at radius 3 is 2.86 bits per heavy atom. The normalized spacial score (nSPS) is 10.7. The molecule has 7 heteroatoms. The minimum Gasteiger partial charge on any atom is -0.486 e. The summed E-state index contributed by atoms with van der Waals surface area (Å²) >= 11 is 6.15. The van der Waals surface area contributed by atoms with Crippen molar-refractivity contribution in [3.05, 3.63) is 46.0 Å². The molecule has 0 spiro atoms. The highest BCUT2D eigenvalue weighted by Crippen LogP contribution is 2.25. The second kappa shape index (κ2) is 6.13. The highest BCUT2D eigenvalue weighted by molar-refractivity contribution is 6.31. The van der Waals surface area contributed by atoms with Gasteiger partial charge in [-0.25, -0.2) is 9.18 Å². The summed E-state index contributed by atoms with van der Waals surface area (Å²) in [7, 11) is 0. The van der Waals surface area contributed by atoms with E-state index < -0.39 is 11.8 Å². The van der Waals surface area contributed by atoms with Gasteiger partial charge >= 0.3 is 5.97 Å². The fourth-order valence-electron chi connectivity index (χ4n) is 1.95. The summed E-state index contributed by atoms with van der Waals surface area (Å²) in [5.74, 6) is -1.80. The molecule has 0 saturated heterocycles. The molecule has 0 atom stereocenters. The fourth-order valence-corrected chi connectivity index (χ4v) is 2.14. The number of halogens is 2. The molecule has 0 bridgehead atoms. The topological polar surface area (TPSA) is 64.4 Å². The highest BCUT2D eigenvalue weighted by Gasteiger charge is 2.16. The smallest absolute Gasteiger partial charge is 0.339 e. The van der Waals surface area contributed by atoms with E-state index in [1.807, 2.05) is 6.92 Å². The second-order valence-electron chi connectivity index (χ2n) is 4.40. The molecular weight excluding hydrogens is 299 g/mol. The number of aryl methyl sites for hydroxylation is 2. The number of ether oxygens (including phenoxy) is 1. The molecule has 0 aliphatic rings. The lowest BCUT2D eigenvalue weighted by molar-refractivity contribution is 0.0691. The Labute approximate surface area is 125 Å². The molecule has 1 aromatic carbocycles. The van der Waals surface area contributed by atoms with E-state index in [2.05, 4.69) is 5.10 Å². The van der Waals surface area contributed by atoms with Crippen LogP contribution in [0.25, 0.3) is 0 Å². The Bertz CT molecular complexity index is 685. The van der Waals surface area contributed by atoms with Crippen LogP contribution in [0.1, 0.15) is 28.7 Å². The molecular formula is C14H14ClFN2O3. The number of aromatic nitrogens is 2. The standard InChI is InChI=1S/C14H14ClFN2O3/c1-3-18-11(13(15)8(2)17-18)7-21-12-5-4-9(16)6-10(12)14(19)20/h4-6H,3,7H2,1-2H3,(H,19,20). The van der Waals surface area contributed by atoms with Gasteiger partial charge in [0.05, 0.1) is 16.4 Å². The lowest BCUT2D eigenvalue weighted by Gasteiger charge is -2.10. The van der Waals surface area contributed by atoms with E-state index in [-0.39, 0.29) is 17.9 Å². The number of nitrogens with zero attached hydrogens (tertiary/aromatic N) is 2. The predicted molar refractivity (Wildman–Crippen MR) is 75.3 cm³/mol. The van der Waals surface area contributed by atoms with E-state index in [1.165, 1.54) is 6.07 Å². The van der Waals surface area contributed by atoms with Crippen LogP contribution in [0.4, 0.5) is 4.39 Å². The summed E-state index contributed by atoms with van der Waals surface area (Å²) in [6, 6.07) is 3.35. The maximum absolute atomic E-state index is 13.1. The number of carboxylic acids is 1. The molecule has 0 aliphatic carbocycles. The van der Waals surface area contributed by atoms with Crippen LogP contribution in [0.5, 0.6) is 5.75 Å². The first kappa shape index (κ1) is 15.3. The second-order valence-corrected chi connectivity index (χ2v) is 4.77. The Balaban J connectivity index is 2.27. The van der Waals surface area contributed by atoms with Gasteiger partial charge in [0.2, 0.25) is 0 Å². The van der Waals surface area contributed by atoms with Crippen molar-refractivity contribution < 1.29 is 19.0 Å². The molecule has 112 valence electrons. The maximum Gasteiger partial charge on any atom is 0.339 e. The predicted octanol–water partition coefficient (Wildman–Crippen LogP) is 3.28. The number of aromatic carboxylic acids is 1. The van der Waals surface area contributed by atoms with Gasteiger partial charge in [-0.15, -0.1) is 0 Å². The van der Waals surface area contributed by atoms with E-state index >= 15 is 0 Å². The average Bonchev–Trinajstić information content (AvgIpc) is 2.72. The molecule has 2 aromatic rings. The highest BCUT2D eigenvalue weighted by atomic mass is 35.5. The first-order valence-corrected chi connectivity index (χ1v) is 6.69. The largest absolute Gasteiger partial charge is 0.486 e. The van der Waals surface area contributed by atoms with Gasteiger partial charge in [-0.1, -0.05) is 11.6 Å². The quantitative estimate of drug-likeness (QED) is 0.920. The number of rotatable bonds is 5. The molecule has 5 nitrogen and oxygen atoms in total. The lowest BCUT2D eigenvalue weighted by Crippen LogP contribution is -2.09. The zero-order chi connectivity index (χ0) is 15.6. The van der Waals surface area contributed by atoms with Crippen molar-refractivity contribution in [2.75, 3.05) is 0 Å². The molecule has 0 radical (unpaired) electrons. The molecule has 1 heterocycles. The minimum atomic E-state index is -1.25. The first-order chi connectivity index (χ1) is 9.93. The van der Waals surface area contributed by atoms with Crippen LogP contribution >= 0.6 is 11.6 Å². The third-order valence-corrected chi connectivity index (χ3v) is 3.48. The van der Waals surface area contributed by atoms with Gasteiger partial charge in [-0.05, 0) is 32.0 Å². The van der Waals surface area contributed by atoms with Gasteiger partial charge in [-0.3, -0.25) is 4.68 Å². The van der Waals surface area contributed by atoms with Gasteiger partial charge in [0.25, 0.3) is 0 Å². The number of hydrogen-bond donors (Lipinski definition) is 1. The molecule has 0 amide bonds. The van der Waals surface area contributed by atoms with E-state index in [9.17, 15) is 9.18 Å². The Morgan fingerprint density at radius 2 is 2.24 bits per heavy atom. The van der Waals surface area contributed by atoms with Crippen LogP contribution in [0.3, 0.4) is 0 Å². The number of carbonyl (C=O) groups is 1. The van der Waals surface area contributed by atoms with Gasteiger partial charge in [0.1, 0.15) is 23.7 Å². The van der Waals surface area contributed by atoms with Crippen molar-refractivity contribution in [3.8, 4) is 5.75 Å². The minimum absolute atomic E-state index is 0.0550. The van der Waals surface area contributed by atoms with Gasteiger partial charge in [-0.2, -0.15) is 5.10 Å². The molecule has 1 N–H and O–H groups in total. The summed E-state index contributed by atoms with van der Waals surface area (Å²) in [6.07, 6.45) is 0. The number of carboxylic acid groups (broad SMARTS) is 1. The molecule has 21 heavy (non-hydrogen) atoms. The van der Waals surface area contributed by atoms with Crippen molar-refractivity contribution in [1.82, 2.24) is 9.78 Å². The summed E-state index contributed by atoms with van der Waals surface area (Å²) in [5, 5.41) is 13.8. The monoisotopic (exact) mass is 312 g/mol. The van der Waals surface area contributed by atoms with Crippen LogP contribution in [-0.2, 0) is 13.2 Å². The van der Waals surface area contributed by atoms with Gasteiger partial charge < -0.3 is 9.84 Å². The van der Waals surface area contributed by atoms with Crippen molar-refractivity contribution >= 4 is 17.6 Å². The van der Waals surface area contributed by atoms with Crippen LogP contribution in [0.2, 0.25) is 5.02 Å². The molecule has 0 unspecified atom stereocenters. The van der Waals surface area contributed by atoms with Crippen LogP contribution in [0.15, 0.2) is 18.2 Å². The zero-order valence-electron chi connectivity index (χ0n) is 11.6. The van der Waals surface area contributed by atoms with E-state index in [4.69, 9.17) is 21.4 Å². The summed E-state index contributed by atoms with van der Waals surface area (Å²) in [4.78, 5) is 11.1. The lowest BCUT2D eigenvalue weighted by atomic mass is 10.2. The molecule has 0 fully saturated rings. The van der Waals surface area contributed by atoms with Crippen molar-refractivity contribution in [3.63, 3.8) is 0 Å². The number of benzene rings is 1. The van der Waals surface area contributed by atoms with Crippen molar-refractivity contribution in [2.45, 2.75) is 27.0 Å². The zero-order valence-corrected chi connectivity index (χ0v) is 12.3. The first-order valence-electron chi connectivity index (χ1n) is 6.31. The SMILES string of the molecule is CCn1nc(C)c(Cl)c1COc1ccc(F)cc1C(=O)O. The van der Waals surface area contributed by atoms with Crippen LogP contribution in [-0.4, -0.2) is 20.9 Å². The fraction of sp³-hybridized carbons (Fsp3) is 0.286. The summed E-state index contributed by atoms with van der Waals surface area (Å²) in [6.45, 7) is 4.35. The Kier molecular flexibility index (Phi) is 4.47. The van der Waals surface area contributed by atoms with E-state index in [1.54, 1.807) is 11.6 Å². The number of hydrogen-bond acceptors (Lipinski definition) is 3. The molecule has 0 aliphatic heterocycles. The van der Waals surface area contributed by atoms with Crippen LogP contribution < -0.4 is 4.74 Å². The van der Waals surface area contributed by atoms with Crippen LogP contribution in [0, 0.1) is 12.7 Å². The third kappa shape index (κ3) is 3.16. The molecule has 2 rings (SSSR count). The average molecular weight is 313 g/mol. The van der Waals surface area contributed by atoms with E-state index in [0.717, 1.165) is 12.1 Å². The summed E-state index contributed by atoms with van der Waals surface area (Å²) in [5.41, 5.74) is 1.09. The molecule has 0 saturated carbocycles. The summed E-state index contributed by atoms with van der Waals surface area (Å²) < 4.78 is 20.3.